The van der Waals surface area contributed by atoms with Crippen LogP contribution >= 0.6 is 0 Å². The van der Waals surface area contributed by atoms with E-state index in [1.165, 1.54) is 0 Å². The summed E-state index contributed by atoms with van der Waals surface area (Å²) >= 11 is 0. The van der Waals surface area contributed by atoms with E-state index in [1.54, 1.807) is 23.1 Å². The van der Waals surface area contributed by atoms with Crippen molar-refractivity contribution in [3.8, 4) is 11.5 Å². The molecule has 2 aromatic carbocycles. The highest BCUT2D eigenvalue weighted by Gasteiger charge is 2.30. The van der Waals surface area contributed by atoms with Gasteiger partial charge in [-0.2, -0.15) is 0 Å². The molecule has 2 aromatic rings. The first-order valence-electron chi connectivity index (χ1n) is 10.6. The number of nitrogens with two attached hydrogens (primary N) is 1. The standard InChI is InChI=1S/C24H29N3O4/c1-24(2,13-25)14-27(23(29)18-8-9-20-21(11-18)31-15-30-20)12-16-4-3-5-19(10-16)26-22(28)17-6-7-17/h3-5,8-11,17H,6-7,12-15,25H2,1-2H3,(H,26,28). The SMILES string of the molecule is CC(C)(CN)CN(Cc1cccc(NC(=O)C2CC2)c1)C(=O)c1ccc2c(c1)OCO2. The highest BCUT2D eigenvalue weighted by molar-refractivity contribution is 5.95. The highest BCUT2D eigenvalue weighted by Crippen LogP contribution is 2.33. The number of benzene rings is 2. The quantitative estimate of drug-likeness (QED) is 0.679. The van der Waals surface area contributed by atoms with Crippen LogP contribution in [-0.2, 0) is 11.3 Å². The molecule has 1 aliphatic heterocycles. The fraction of sp³-hybridized carbons (Fsp3) is 0.417. The monoisotopic (exact) mass is 423 g/mol. The van der Waals surface area contributed by atoms with Gasteiger partial charge in [0.25, 0.3) is 5.91 Å². The lowest BCUT2D eigenvalue weighted by molar-refractivity contribution is -0.117. The van der Waals surface area contributed by atoms with Crippen molar-refractivity contribution >= 4 is 17.5 Å². The van der Waals surface area contributed by atoms with Gasteiger partial charge in [-0.3, -0.25) is 9.59 Å². The molecule has 1 fully saturated rings. The molecule has 0 spiro atoms. The molecule has 3 N–H and O–H groups in total. The number of ether oxygens (including phenoxy) is 2. The lowest BCUT2D eigenvalue weighted by Crippen LogP contribution is -2.41. The highest BCUT2D eigenvalue weighted by atomic mass is 16.7. The number of amides is 2. The summed E-state index contributed by atoms with van der Waals surface area (Å²) in [5.41, 5.74) is 7.94. The summed E-state index contributed by atoms with van der Waals surface area (Å²) in [5, 5.41) is 2.97. The van der Waals surface area contributed by atoms with Crippen molar-refractivity contribution in [1.82, 2.24) is 4.90 Å². The predicted octanol–water partition coefficient (Wildman–Crippen LogP) is 3.39. The van der Waals surface area contributed by atoms with Gasteiger partial charge in [-0.15, -0.1) is 0 Å². The van der Waals surface area contributed by atoms with E-state index >= 15 is 0 Å². The Balaban J connectivity index is 1.55. The van der Waals surface area contributed by atoms with E-state index < -0.39 is 0 Å². The van der Waals surface area contributed by atoms with Gasteiger partial charge in [0.1, 0.15) is 0 Å². The van der Waals surface area contributed by atoms with Crippen LogP contribution in [0.1, 0.15) is 42.6 Å². The van der Waals surface area contributed by atoms with E-state index in [4.69, 9.17) is 15.2 Å². The van der Waals surface area contributed by atoms with Crippen molar-refractivity contribution in [2.24, 2.45) is 17.1 Å². The van der Waals surface area contributed by atoms with Gasteiger partial charge in [0.05, 0.1) is 0 Å². The maximum absolute atomic E-state index is 13.4. The van der Waals surface area contributed by atoms with Crippen molar-refractivity contribution in [2.75, 3.05) is 25.2 Å². The summed E-state index contributed by atoms with van der Waals surface area (Å²) in [6, 6.07) is 12.9. The van der Waals surface area contributed by atoms with Gasteiger partial charge in [0.2, 0.25) is 12.7 Å². The summed E-state index contributed by atoms with van der Waals surface area (Å²) in [5.74, 6) is 1.32. The third-order valence-corrected chi connectivity index (χ3v) is 5.59. The molecule has 164 valence electrons. The van der Waals surface area contributed by atoms with Gasteiger partial charge in [0, 0.05) is 30.3 Å². The Morgan fingerprint density at radius 1 is 1.13 bits per heavy atom. The van der Waals surface area contributed by atoms with Crippen LogP contribution in [0.15, 0.2) is 42.5 Å². The number of hydrogen-bond acceptors (Lipinski definition) is 5. The minimum Gasteiger partial charge on any atom is -0.454 e. The van der Waals surface area contributed by atoms with E-state index in [2.05, 4.69) is 5.32 Å². The number of anilines is 1. The topological polar surface area (TPSA) is 93.9 Å². The Morgan fingerprint density at radius 3 is 2.65 bits per heavy atom. The molecular formula is C24H29N3O4. The zero-order chi connectivity index (χ0) is 22.0. The van der Waals surface area contributed by atoms with E-state index in [-0.39, 0.29) is 29.9 Å². The average molecular weight is 424 g/mol. The van der Waals surface area contributed by atoms with Crippen molar-refractivity contribution < 1.29 is 19.1 Å². The first kappa shape index (κ1) is 21.2. The number of rotatable bonds is 8. The van der Waals surface area contributed by atoms with E-state index in [0.717, 1.165) is 24.1 Å². The van der Waals surface area contributed by atoms with Gasteiger partial charge in [-0.1, -0.05) is 26.0 Å². The molecule has 7 heteroatoms. The van der Waals surface area contributed by atoms with Gasteiger partial charge >= 0.3 is 0 Å². The van der Waals surface area contributed by atoms with Crippen LogP contribution in [-0.4, -0.2) is 36.6 Å². The summed E-state index contributed by atoms with van der Waals surface area (Å²) < 4.78 is 10.8. The third-order valence-electron chi connectivity index (χ3n) is 5.59. The second-order valence-corrected chi connectivity index (χ2v) is 9.06. The lowest BCUT2D eigenvalue weighted by Gasteiger charge is -2.32. The zero-order valence-electron chi connectivity index (χ0n) is 18.0. The fourth-order valence-corrected chi connectivity index (χ4v) is 3.55. The normalized spacial score (nSPS) is 14.9. The van der Waals surface area contributed by atoms with Crippen LogP contribution in [0.4, 0.5) is 5.69 Å². The second-order valence-electron chi connectivity index (χ2n) is 9.06. The Hall–Kier alpha value is -3.06. The molecule has 0 atom stereocenters. The van der Waals surface area contributed by atoms with Crippen molar-refractivity contribution in [3.63, 3.8) is 0 Å². The molecule has 2 aliphatic rings. The van der Waals surface area contributed by atoms with Gasteiger partial charge in [-0.05, 0) is 60.7 Å². The van der Waals surface area contributed by atoms with E-state index in [0.29, 0.717) is 36.7 Å². The average Bonchev–Trinajstić information content (AvgIpc) is 3.50. The molecule has 31 heavy (non-hydrogen) atoms. The summed E-state index contributed by atoms with van der Waals surface area (Å²) in [7, 11) is 0. The van der Waals surface area contributed by atoms with Crippen molar-refractivity contribution in [1.29, 1.82) is 0 Å². The molecule has 7 nitrogen and oxygen atoms in total. The molecule has 0 unspecified atom stereocenters. The molecule has 0 saturated heterocycles. The fourth-order valence-electron chi connectivity index (χ4n) is 3.55. The molecule has 2 amide bonds. The molecule has 0 bridgehead atoms. The minimum atomic E-state index is -0.246. The van der Waals surface area contributed by atoms with Gasteiger partial charge < -0.3 is 25.4 Å². The van der Waals surface area contributed by atoms with Crippen LogP contribution in [0.3, 0.4) is 0 Å². The predicted molar refractivity (Wildman–Crippen MR) is 118 cm³/mol. The molecule has 1 saturated carbocycles. The number of carbonyl (C=O) groups excluding carboxylic acids is 2. The Morgan fingerprint density at radius 2 is 1.90 bits per heavy atom. The summed E-state index contributed by atoms with van der Waals surface area (Å²) in [6.07, 6.45) is 1.91. The number of fused-ring (bicyclic) bond motifs is 1. The number of nitrogens with one attached hydrogen (secondary N) is 1. The maximum atomic E-state index is 13.4. The van der Waals surface area contributed by atoms with Crippen LogP contribution < -0.4 is 20.5 Å². The molecule has 4 rings (SSSR count). The van der Waals surface area contributed by atoms with Crippen LogP contribution in [0.25, 0.3) is 0 Å². The van der Waals surface area contributed by atoms with Gasteiger partial charge in [-0.25, -0.2) is 0 Å². The Labute approximate surface area is 182 Å². The summed E-state index contributed by atoms with van der Waals surface area (Å²) in [4.78, 5) is 27.3. The Kier molecular flexibility index (Phi) is 5.87. The zero-order valence-corrected chi connectivity index (χ0v) is 18.0. The van der Waals surface area contributed by atoms with Crippen LogP contribution in [0.5, 0.6) is 11.5 Å². The first-order chi connectivity index (χ1) is 14.8. The van der Waals surface area contributed by atoms with E-state index in [1.807, 2.05) is 38.1 Å². The largest absolute Gasteiger partial charge is 0.454 e. The number of carbonyl (C=O) groups is 2. The second kappa shape index (κ2) is 8.59. The smallest absolute Gasteiger partial charge is 0.254 e. The maximum Gasteiger partial charge on any atom is 0.254 e. The molecule has 1 aliphatic carbocycles. The molecule has 0 radical (unpaired) electrons. The van der Waals surface area contributed by atoms with Gasteiger partial charge in [0.15, 0.2) is 11.5 Å². The number of hydrogen-bond donors (Lipinski definition) is 2. The lowest BCUT2D eigenvalue weighted by atomic mass is 9.92. The minimum absolute atomic E-state index is 0.0645. The summed E-state index contributed by atoms with van der Waals surface area (Å²) in [6.45, 7) is 5.60. The van der Waals surface area contributed by atoms with E-state index in [9.17, 15) is 9.59 Å². The first-order valence-corrected chi connectivity index (χ1v) is 10.6. The molecular weight excluding hydrogens is 394 g/mol. The third kappa shape index (κ3) is 5.17. The van der Waals surface area contributed by atoms with Crippen molar-refractivity contribution in [3.05, 3.63) is 53.6 Å². The van der Waals surface area contributed by atoms with Crippen LogP contribution in [0.2, 0.25) is 0 Å². The molecule has 1 heterocycles. The van der Waals surface area contributed by atoms with Crippen molar-refractivity contribution in [2.45, 2.75) is 33.2 Å². The Bertz CT molecular complexity index is 985. The van der Waals surface area contributed by atoms with Crippen LogP contribution in [0, 0.1) is 11.3 Å². The molecule has 0 aromatic heterocycles. The number of nitrogens with zero attached hydrogens (tertiary/aromatic N) is 1.